The van der Waals surface area contributed by atoms with Crippen molar-refractivity contribution in [1.29, 1.82) is 0 Å². The highest BCUT2D eigenvalue weighted by molar-refractivity contribution is 6.42. The predicted molar refractivity (Wildman–Crippen MR) is 100 cm³/mol. The summed E-state index contributed by atoms with van der Waals surface area (Å²) in [5, 5.41) is 1.14. The normalized spacial score (nSPS) is 11.8. The minimum Gasteiger partial charge on any atom is -0.323 e. The Kier molecular flexibility index (Phi) is 15.1. The van der Waals surface area contributed by atoms with E-state index in [-0.39, 0.29) is 30.9 Å². The first-order valence-electron chi connectivity index (χ1n) is 6.83. The SMILES string of the molecule is CCCCCCN=CC(N)Cc1ccc(Cl)c(Cl)c1.Cl.Cl. The number of nitrogens with two attached hydrogens (primary N) is 1. The summed E-state index contributed by atoms with van der Waals surface area (Å²) in [5.41, 5.74) is 7.09. The molecule has 0 bridgehead atoms. The lowest BCUT2D eigenvalue weighted by Crippen LogP contribution is -2.24. The third-order valence-corrected chi connectivity index (χ3v) is 3.63. The molecule has 0 saturated heterocycles. The van der Waals surface area contributed by atoms with Gasteiger partial charge < -0.3 is 5.73 Å². The maximum absolute atomic E-state index is 6.01. The first-order chi connectivity index (χ1) is 9.13. The molecule has 1 aromatic rings. The molecule has 2 nitrogen and oxygen atoms in total. The van der Waals surface area contributed by atoms with Crippen LogP contribution < -0.4 is 5.73 Å². The molecular weight excluding hydrogens is 350 g/mol. The van der Waals surface area contributed by atoms with Gasteiger partial charge in [0.25, 0.3) is 0 Å². The van der Waals surface area contributed by atoms with E-state index in [0.717, 1.165) is 24.9 Å². The smallest absolute Gasteiger partial charge is 0.0595 e. The van der Waals surface area contributed by atoms with E-state index in [2.05, 4.69) is 11.9 Å². The Bertz CT molecular complexity index is 411. The van der Waals surface area contributed by atoms with Crippen LogP contribution in [-0.4, -0.2) is 18.8 Å². The fraction of sp³-hybridized carbons (Fsp3) is 0.533. The average Bonchev–Trinajstić information content (AvgIpc) is 2.38. The highest BCUT2D eigenvalue weighted by Gasteiger charge is 2.03. The molecule has 1 unspecified atom stereocenters. The molecule has 1 rings (SSSR count). The minimum absolute atomic E-state index is 0. The summed E-state index contributed by atoms with van der Waals surface area (Å²) < 4.78 is 0. The molecule has 0 aromatic heterocycles. The fourth-order valence-corrected chi connectivity index (χ4v) is 2.15. The quantitative estimate of drug-likeness (QED) is 0.483. The van der Waals surface area contributed by atoms with Gasteiger partial charge in [0.2, 0.25) is 0 Å². The van der Waals surface area contributed by atoms with E-state index in [4.69, 9.17) is 28.9 Å². The summed E-state index contributed by atoms with van der Waals surface area (Å²) in [6.45, 7) is 3.07. The van der Waals surface area contributed by atoms with Crippen molar-refractivity contribution in [1.82, 2.24) is 0 Å². The molecule has 0 amide bonds. The number of halogens is 4. The number of aliphatic imine (C=N–C) groups is 1. The standard InChI is InChI=1S/C15H22Cl2N2.2ClH/c1-2-3-4-5-8-19-11-13(18)9-12-6-7-14(16)15(17)10-12;;/h6-7,10-11,13H,2-5,8-9,18H2,1H3;2*1H. The van der Waals surface area contributed by atoms with Crippen LogP contribution in [0.2, 0.25) is 10.0 Å². The Labute approximate surface area is 150 Å². The predicted octanol–water partition coefficient (Wildman–Crippen LogP) is 5.36. The molecule has 0 spiro atoms. The van der Waals surface area contributed by atoms with Crippen LogP contribution >= 0.6 is 48.0 Å². The second-order valence-corrected chi connectivity index (χ2v) is 5.55. The molecule has 2 N–H and O–H groups in total. The molecule has 0 radical (unpaired) electrons. The summed E-state index contributed by atoms with van der Waals surface area (Å²) in [6.07, 6.45) is 7.49. The molecule has 6 heteroatoms. The number of nitrogens with zero attached hydrogens (tertiary/aromatic N) is 1. The number of rotatable bonds is 8. The van der Waals surface area contributed by atoms with Crippen molar-refractivity contribution in [2.45, 2.75) is 45.1 Å². The summed E-state index contributed by atoms with van der Waals surface area (Å²) in [4.78, 5) is 4.37. The second kappa shape index (κ2) is 13.7. The zero-order valence-corrected chi connectivity index (χ0v) is 15.4. The van der Waals surface area contributed by atoms with Crippen molar-refractivity contribution in [2.75, 3.05) is 6.54 Å². The van der Waals surface area contributed by atoms with E-state index in [1.165, 1.54) is 19.3 Å². The zero-order valence-electron chi connectivity index (χ0n) is 12.2. The minimum atomic E-state index is -0.0663. The van der Waals surface area contributed by atoms with Crippen molar-refractivity contribution in [3.8, 4) is 0 Å². The van der Waals surface area contributed by atoms with Crippen molar-refractivity contribution >= 4 is 54.2 Å². The summed E-state index contributed by atoms with van der Waals surface area (Å²) in [6, 6.07) is 5.54. The lowest BCUT2D eigenvalue weighted by molar-refractivity contribution is 0.674. The largest absolute Gasteiger partial charge is 0.323 e. The molecule has 0 heterocycles. The highest BCUT2D eigenvalue weighted by Crippen LogP contribution is 2.22. The molecule has 0 saturated carbocycles. The van der Waals surface area contributed by atoms with Crippen LogP contribution in [0, 0.1) is 0 Å². The summed E-state index contributed by atoms with van der Waals surface area (Å²) in [7, 11) is 0. The van der Waals surface area contributed by atoms with Crippen LogP contribution in [0.4, 0.5) is 0 Å². The van der Waals surface area contributed by atoms with Crippen LogP contribution in [0.1, 0.15) is 38.2 Å². The highest BCUT2D eigenvalue weighted by atomic mass is 35.5. The number of hydrogen-bond acceptors (Lipinski definition) is 2. The lowest BCUT2D eigenvalue weighted by Gasteiger charge is -2.07. The van der Waals surface area contributed by atoms with Crippen molar-refractivity contribution in [3.63, 3.8) is 0 Å². The van der Waals surface area contributed by atoms with Gasteiger partial charge in [0.15, 0.2) is 0 Å². The maximum Gasteiger partial charge on any atom is 0.0595 e. The van der Waals surface area contributed by atoms with E-state index in [9.17, 15) is 0 Å². The van der Waals surface area contributed by atoms with Gasteiger partial charge in [0.05, 0.1) is 10.0 Å². The molecular formula is C15H24Cl4N2. The van der Waals surface area contributed by atoms with E-state index in [1.54, 1.807) is 6.07 Å². The van der Waals surface area contributed by atoms with Crippen molar-refractivity contribution < 1.29 is 0 Å². The number of benzene rings is 1. The summed E-state index contributed by atoms with van der Waals surface area (Å²) >= 11 is 11.8. The topological polar surface area (TPSA) is 38.4 Å². The van der Waals surface area contributed by atoms with Gasteiger partial charge >= 0.3 is 0 Å². The lowest BCUT2D eigenvalue weighted by atomic mass is 10.1. The van der Waals surface area contributed by atoms with Gasteiger partial charge in [0, 0.05) is 18.8 Å². The monoisotopic (exact) mass is 372 g/mol. The van der Waals surface area contributed by atoms with Crippen LogP contribution in [0.3, 0.4) is 0 Å². The van der Waals surface area contributed by atoms with Gasteiger partial charge in [-0.05, 0) is 30.5 Å². The molecule has 0 aliphatic rings. The third kappa shape index (κ3) is 10.4. The maximum atomic E-state index is 6.01. The molecule has 122 valence electrons. The Hall–Kier alpha value is 0.01000. The van der Waals surface area contributed by atoms with Gasteiger partial charge in [0.1, 0.15) is 0 Å². The molecule has 21 heavy (non-hydrogen) atoms. The van der Waals surface area contributed by atoms with Crippen LogP contribution in [0.25, 0.3) is 0 Å². The fourth-order valence-electron chi connectivity index (χ4n) is 1.83. The van der Waals surface area contributed by atoms with Crippen LogP contribution in [0.5, 0.6) is 0 Å². The molecule has 1 atom stereocenters. The van der Waals surface area contributed by atoms with E-state index < -0.39 is 0 Å². The Morgan fingerprint density at radius 2 is 1.86 bits per heavy atom. The first-order valence-corrected chi connectivity index (χ1v) is 7.58. The Balaban J connectivity index is 0. The average molecular weight is 374 g/mol. The zero-order chi connectivity index (χ0) is 14.1. The number of unbranched alkanes of at least 4 members (excludes halogenated alkanes) is 3. The second-order valence-electron chi connectivity index (χ2n) is 4.73. The van der Waals surface area contributed by atoms with Crippen LogP contribution in [0.15, 0.2) is 23.2 Å². The molecule has 0 fully saturated rings. The number of hydrogen-bond donors (Lipinski definition) is 1. The van der Waals surface area contributed by atoms with Gasteiger partial charge in [-0.1, -0.05) is 55.5 Å². The molecule has 0 aliphatic heterocycles. The van der Waals surface area contributed by atoms with E-state index >= 15 is 0 Å². The van der Waals surface area contributed by atoms with E-state index in [1.807, 2.05) is 18.3 Å². The first kappa shape index (κ1) is 23.3. The van der Waals surface area contributed by atoms with Gasteiger partial charge in [-0.25, -0.2) is 0 Å². The van der Waals surface area contributed by atoms with Gasteiger partial charge in [-0.3, -0.25) is 4.99 Å². The Morgan fingerprint density at radius 3 is 2.48 bits per heavy atom. The molecule has 1 aromatic carbocycles. The van der Waals surface area contributed by atoms with Crippen LogP contribution in [-0.2, 0) is 6.42 Å². The molecule has 0 aliphatic carbocycles. The van der Waals surface area contributed by atoms with Crippen molar-refractivity contribution in [3.05, 3.63) is 33.8 Å². The van der Waals surface area contributed by atoms with E-state index in [0.29, 0.717) is 10.0 Å². The summed E-state index contributed by atoms with van der Waals surface area (Å²) in [5.74, 6) is 0. The Morgan fingerprint density at radius 1 is 1.14 bits per heavy atom. The third-order valence-electron chi connectivity index (χ3n) is 2.89. The van der Waals surface area contributed by atoms with Gasteiger partial charge in [-0.15, -0.1) is 24.8 Å². The van der Waals surface area contributed by atoms with Gasteiger partial charge in [-0.2, -0.15) is 0 Å². The van der Waals surface area contributed by atoms with Crippen molar-refractivity contribution in [2.24, 2.45) is 10.7 Å².